The van der Waals surface area contributed by atoms with Crippen LogP contribution >= 0.6 is 22.9 Å². The Hall–Kier alpha value is -0.890. The predicted octanol–water partition coefficient (Wildman–Crippen LogP) is 2.43. The van der Waals surface area contributed by atoms with Gasteiger partial charge in [0.25, 0.3) is 0 Å². The molecular weight excluding hydrogens is 232 g/mol. The third-order valence-electron chi connectivity index (χ3n) is 1.87. The van der Waals surface area contributed by atoms with Gasteiger partial charge in [0, 0.05) is 13.0 Å². The van der Waals surface area contributed by atoms with Gasteiger partial charge in [0.05, 0.1) is 21.8 Å². The predicted molar refractivity (Wildman–Crippen MR) is 61.4 cm³/mol. The van der Waals surface area contributed by atoms with Gasteiger partial charge in [0.2, 0.25) is 0 Å². The van der Waals surface area contributed by atoms with Crippen molar-refractivity contribution in [3.05, 3.63) is 21.3 Å². The van der Waals surface area contributed by atoms with Crippen molar-refractivity contribution in [3.8, 4) is 6.07 Å². The molecule has 0 aliphatic carbocycles. The Balaban J connectivity index is 2.46. The van der Waals surface area contributed by atoms with E-state index in [0.717, 1.165) is 0 Å². The van der Waals surface area contributed by atoms with Crippen molar-refractivity contribution >= 4 is 28.7 Å². The molecule has 15 heavy (non-hydrogen) atoms. The minimum Gasteiger partial charge on any atom is -0.298 e. The number of nitrogens with zero attached hydrogens (tertiary/aromatic N) is 2. The van der Waals surface area contributed by atoms with Gasteiger partial charge < -0.3 is 0 Å². The summed E-state index contributed by atoms with van der Waals surface area (Å²) in [5.41, 5.74) is 0. The van der Waals surface area contributed by atoms with Crippen molar-refractivity contribution in [2.45, 2.75) is 6.42 Å². The maximum absolute atomic E-state index is 11.7. The van der Waals surface area contributed by atoms with Gasteiger partial charge in [-0.2, -0.15) is 5.26 Å². The van der Waals surface area contributed by atoms with E-state index in [1.807, 2.05) is 18.0 Å². The minimum absolute atomic E-state index is 0.0485. The first-order valence-electron chi connectivity index (χ1n) is 4.47. The molecule has 0 unspecified atom stereocenters. The number of nitriles is 1. The van der Waals surface area contributed by atoms with E-state index in [9.17, 15) is 4.79 Å². The molecule has 0 aromatic carbocycles. The largest absolute Gasteiger partial charge is 0.298 e. The third-order valence-corrected chi connectivity index (χ3v) is 3.14. The van der Waals surface area contributed by atoms with Gasteiger partial charge in [-0.1, -0.05) is 11.6 Å². The molecule has 0 radical (unpaired) electrons. The SMILES string of the molecule is CN(CCC#N)CC(=O)c1ccc(Cl)s1. The fourth-order valence-electron chi connectivity index (χ4n) is 1.11. The smallest absolute Gasteiger partial charge is 0.186 e. The molecule has 1 aromatic rings. The van der Waals surface area contributed by atoms with Gasteiger partial charge in [0.15, 0.2) is 5.78 Å². The summed E-state index contributed by atoms with van der Waals surface area (Å²) in [5, 5.41) is 8.39. The Kier molecular flexibility index (Phi) is 4.76. The highest BCUT2D eigenvalue weighted by atomic mass is 35.5. The van der Waals surface area contributed by atoms with Crippen molar-refractivity contribution in [1.82, 2.24) is 4.90 Å². The van der Waals surface area contributed by atoms with Gasteiger partial charge in [-0.3, -0.25) is 9.69 Å². The zero-order valence-corrected chi connectivity index (χ0v) is 9.94. The number of ketones is 1. The molecule has 1 aromatic heterocycles. The summed E-state index contributed by atoms with van der Waals surface area (Å²) in [6.45, 7) is 0.944. The highest BCUT2D eigenvalue weighted by Gasteiger charge is 2.11. The average molecular weight is 243 g/mol. The summed E-state index contributed by atoms with van der Waals surface area (Å²) < 4.78 is 0.623. The molecule has 0 saturated carbocycles. The molecule has 0 fully saturated rings. The first-order chi connectivity index (χ1) is 7.13. The summed E-state index contributed by atoms with van der Waals surface area (Å²) in [4.78, 5) is 14.2. The van der Waals surface area contributed by atoms with Crippen LogP contribution in [0.2, 0.25) is 4.34 Å². The number of rotatable bonds is 5. The van der Waals surface area contributed by atoms with Gasteiger partial charge in [-0.05, 0) is 19.2 Å². The van der Waals surface area contributed by atoms with Crippen molar-refractivity contribution in [2.75, 3.05) is 20.1 Å². The van der Waals surface area contributed by atoms with Crippen LogP contribution in [0.3, 0.4) is 0 Å². The molecule has 0 saturated heterocycles. The minimum atomic E-state index is 0.0485. The number of thiophene rings is 1. The van der Waals surface area contributed by atoms with Crippen molar-refractivity contribution in [3.63, 3.8) is 0 Å². The van der Waals surface area contributed by atoms with Crippen LogP contribution in [0.5, 0.6) is 0 Å². The lowest BCUT2D eigenvalue weighted by atomic mass is 10.3. The van der Waals surface area contributed by atoms with Crippen LogP contribution in [0.15, 0.2) is 12.1 Å². The third kappa shape index (κ3) is 4.00. The maximum atomic E-state index is 11.7. The summed E-state index contributed by atoms with van der Waals surface area (Å²) in [7, 11) is 1.82. The van der Waals surface area contributed by atoms with Crippen LogP contribution < -0.4 is 0 Å². The highest BCUT2D eigenvalue weighted by Crippen LogP contribution is 2.21. The number of hydrogen-bond donors (Lipinski definition) is 0. The van der Waals surface area contributed by atoms with E-state index < -0.39 is 0 Å². The zero-order valence-electron chi connectivity index (χ0n) is 8.36. The molecule has 0 spiro atoms. The molecule has 3 nitrogen and oxygen atoms in total. The first-order valence-corrected chi connectivity index (χ1v) is 5.67. The average Bonchev–Trinajstić information content (AvgIpc) is 2.61. The fourth-order valence-corrected chi connectivity index (χ4v) is 2.08. The molecule has 80 valence electrons. The van der Waals surface area contributed by atoms with Crippen LogP contribution in [0.25, 0.3) is 0 Å². The van der Waals surface area contributed by atoms with Crippen molar-refractivity contribution < 1.29 is 4.79 Å². The normalized spacial score (nSPS) is 10.3. The van der Waals surface area contributed by atoms with E-state index in [2.05, 4.69) is 0 Å². The van der Waals surface area contributed by atoms with E-state index in [0.29, 0.717) is 28.7 Å². The number of likely N-dealkylation sites (N-methyl/N-ethyl adjacent to an activating group) is 1. The molecule has 0 bridgehead atoms. The van der Waals surface area contributed by atoms with Crippen LogP contribution in [0, 0.1) is 11.3 Å². The van der Waals surface area contributed by atoms with E-state index in [1.54, 1.807) is 12.1 Å². The van der Waals surface area contributed by atoms with Gasteiger partial charge >= 0.3 is 0 Å². The van der Waals surface area contributed by atoms with Crippen LogP contribution in [-0.4, -0.2) is 30.8 Å². The quantitative estimate of drug-likeness (QED) is 0.745. The number of hydrogen-bond acceptors (Lipinski definition) is 4. The lowest BCUT2D eigenvalue weighted by molar-refractivity contribution is 0.0951. The topological polar surface area (TPSA) is 44.1 Å². The van der Waals surface area contributed by atoms with E-state index in [4.69, 9.17) is 16.9 Å². The Labute approximate surface area is 97.9 Å². The monoisotopic (exact) mass is 242 g/mol. The highest BCUT2D eigenvalue weighted by molar-refractivity contribution is 7.18. The lowest BCUT2D eigenvalue weighted by Crippen LogP contribution is -2.26. The summed E-state index contributed by atoms with van der Waals surface area (Å²) in [5.74, 6) is 0.0485. The van der Waals surface area contributed by atoms with Gasteiger partial charge in [-0.15, -0.1) is 11.3 Å². The zero-order chi connectivity index (χ0) is 11.3. The Morgan fingerprint density at radius 2 is 2.40 bits per heavy atom. The lowest BCUT2D eigenvalue weighted by Gasteiger charge is -2.12. The number of carbonyl (C=O) groups excluding carboxylic acids is 1. The number of Topliss-reactive ketones (excluding diaryl/α,β-unsaturated/α-hetero) is 1. The first kappa shape index (κ1) is 12.2. The maximum Gasteiger partial charge on any atom is 0.186 e. The van der Waals surface area contributed by atoms with Crippen molar-refractivity contribution in [1.29, 1.82) is 5.26 Å². The molecule has 0 aliphatic rings. The molecular formula is C10H11ClN2OS. The second kappa shape index (κ2) is 5.86. The Bertz CT molecular complexity index is 383. The van der Waals surface area contributed by atoms with Crippen molar-refractivity contribution in [2.24, 2.45) is 0 Å². The second-order valence-corrected chi connectivity index (χ2v) is 4.89. The standard InChI is InChI=1S/C10H11ClN2OS/c1-13(6-2-5-12)7-8(14)9-3-4-10(11)15-9/h3-4H,2,6-7H2,1H3. The van der Waals surface area contributed by atoms with E-state index >= 15 is 0 Å². The number of halogens is 1. The van der Waals surface area contributed by atoms with Crippen LogP contribution in [0.1, 0.15) is 16.1 Å². The molecule has 5 heteroatoms. The van der Waals surface area contributed by atoms with Crippen LogP contribution in [0.4, 0.5) is 0 Å². The summed E-state index contributed by atoms with van der Waals surface area (Å²) in [6, 6.07) is 5.49. The molecule has 1 rings (SSSR count). The molecule has 0 N–H and O–H groups in total. The van der Waals surface area contributed by atoms with E-state index in [-0.39, 0.29) is 5.78 Å². The van der Waals surface area contributed by atoms with E-state index in [1.165, 1.54) is 11.3 Å². The van der Waals surface area contributed by atoms with Gasteiger partial charge in [-0.25, -0.2) is 0 Å². The summed E-state index contributed by atoms with van der Waals surface area (Å²) in [6.07, 6.45) is 0.439. The molecule has 0 aliphatic heterocycles. The second-order valence-electron chi connectivity index (χ2n) is 3.17. The fraction of sp³-hybridized carbons (Fsp3) is 0.400. The molecule has 0 amide bonds. The molecule has 1 heterocycles. The molecule has 0 atom stereocenters. The Morgan fingerprint density at radius 1 is 1.67 bits per heavy atom. The van der Waals surface area contributed by atoms with Crippen LogP contribution in [-0.2, 0) is 0 Å². The number of carbonyl (C=O) groups is 1. The van der Waals surface area contributed by atoms with Gasteiger partial charge in [0.1, 0.15) is 0 Å². The Morgan fingerprint density at radius 3 is 2.93 bits per heavy atom. The summed E-state index contributed by atoms with van der Waals surface area (Å²) >= 11 is 7.02.